The van der Waals surface area contributed by atoms with Crippen molar-refractivity contribution in [2.24, 2.45) is 0 Å². The van der Waals surface area contributed by atoms with Gasteiger partial charge >= 0.3 is 23.9 Å². The number of ether oxygens (including phenoxy) is 5. The van der Waals surface area contributed by atoms with E-state index in [2.05, 4.69) is 15.3 Å². The molecule has 5 atom stereocenters. The summed E-state index contributed by atoms with van der Waals surface area (Å²) in [6.45, 7) is 4.32. The second-order valence-corrected chi connectivity index (χ2v) is 8.25. The Kier molecular flexibility index (Phi) is 7.47. The molecule has 2 aromatic heterocycles. The third-order valence-corrected chi connectivity index (χ3v) is 5.43. The Morgan fingerprint density at radius 2 is 1.54 bits per heavy atom. The van der Waals surface area contributed by atoms with Gasteiger partial charge in [-0.15, -0.1) is 5.10 Å². The smallest absolute Gasteiger partial charge is 0.303 e. The van der Waals surface area contributed by atoms with Gasteiger partial charge in [-0.3, -0.25) is 23.7 Å². The zero-order valence-electron chi connectivity index (χ0n) is 20.5. The SMILES string of the molecule is CC(=O)OC[C@H]1O[C@@H](n2cc(-n3cnc4ccccc43)nn2)[C@H](OC(C)=O)[C@@H](OC(C)=O)[C@@H]1OC(C)=O. The molecular formula is C23H25N5O9. The van der Waals surface area contributed by atoms with Crippen LogP contribution in [0.4, 0.5) is 0 Å². The molecule has 3 aromatic rings. The zero-order valence-corrected chi connectivity index (χ0v) is 20.5. The average Bonchev–Trinajstić information content (AvgIpc) is 3.46. The summed E-state index contributed by atoms with van der Waals surface area (Å²) < 4.78 is 30.5. The highest BCUT2D eigenvalue weighted by Gasteiger charge is 2.53. The summed E-state index contributed by atoms with van der Waals surface area (Å²) >= 11 is 0. The number of rotatable bonds is 7. The first-order valence-corrected chi connectivity index (χ1v) is 11.3. The molecule has 1 aliphatic heterocycles. The van der Waals surface area contributed by atoms with E-state index in [0.717, 1.165) is 31.8 Å². The van der Waals surface area contributed by atoms with Crippen molar-refractivity contribution in [3.63, 3.8) is 0 Å². The summed E-state index contributed by atoms with van der Waals surface area (Å²) in [5, 5.41) is 8.32. The van der Waals surface area contributed by atoms with E-state index in [0.29, 0.717) is 5.82 Å². The van der Waals surface area contributed by atoms with Crippen LogP contribution in [0.5, 0.6) is 0 Å². The lowest BCUT2D eigenvalue weighted by atomic mass is 9.97. The molecule has 0 saturated carbocycles. The lowest BCUT2D eigenvalue weighted by Crippen LogP contribution is -2.60. The van der Waals surface area contributed by atoms with E-state index in [1.807, 2.05) is 24.3 Å². The van der Waals surface area contributed by atoms with Crippen molar-refractivity contribution in [3.8, 4) is 5.82 Å². The molecule has 3 heterocycles. The van der Waals surface area contributed by atoms with Crippen molar-refractivity contribution in [1.82, 2.24) is 24.5 Å². The molecule has 0 aliphatic carbocycles. The van der Waals surface area contributed by atoms with Gasteiger partial charge < -0.3 is 23.7 Å². The second-order valence-electron chi connectivity index (χ2n) is 8.25. The van der Waals surface area contributed by atoms with Gasteiger partial charge in [-0.1, -0.05) is 17.3 Å². The maximum absolute atomic E-state index is 12.0. The van der Waals surface area contributed by atoms with Gasteiger partial charge in [0.2, 0.25) is 0 Å². The Hall–Kier alpha value is -4.33. The number of aromatic nitrogens is 5. The third-order valence-electron chi connectivity index (χ3n) is 5.43. The van der Waals surface area contributed by atoms with Crippen LogP contribution in [0.3, 0.4) is 0 Å². The van der Waals surface area contributed by atoms with Crippen molar-refractivity contribution in [3.05, 3.63) is 36.8 Å². The largest absolute Gasteiger partial charge is 0.463 e. The van der Waals surface area contributed by atoms with Gasteiger partial charge in [0, 0.05) is 27.7 Å². The molecule has 0 amide bonds. The second kappa shape index (κ2) is 10.7. The van der Waals surface area contributed by atoms with Gasteiger partial charge in [0.15, 0.2) is 30.4 Å². The number of hydrogen-bond donors (Lipinski definition) is 0. The number of nitrogens with zero attached hydrogens (tertiary/aromatic N) is 5. The van der Waals surface area contributed by atoms with E-state index in [1.54, 1.807) is 10.9 Å². The molecule has 4 rings (SSSR count). The van der Waals surface area contributed by atoms with E-state index in [4.69, 9.17) is 23.7 Å². The van der Waals surface area contributed by atoms with Crippen LogP contribution < -0.4 is 0 Å². The van der Waals surface area contributed by atoms with E-state index >= 15 is 0 Å². The third kappa shape index (κ3) is 5.74. The molecule has 1 fully saturated rings. The number of carbonyl (C=O) groups is 4. The van der Waals surface area contributed by atoms with Crippen molar-refractivity contribution in [1.29, 1.82) is 0 Å². The molecule has 0 bridgehead atoms. The number of hydrogen-bond acceptors (Lipinski definition) is 12. The maximum Gasteiger partial charge on any atom is 0.303 e. The summed E-state index contributed by atoms with van der Waals surface area (Å²) in [7, 11) is 0. The molecule has 37 heavy (non-hydrogen) atoms. The summed E-state index contributed by atoms with van der Waals surface area (Å²) in [6, 6.07) is 7.41. The zero-order chi connectivity index (χ0) is 26.7. The van der Waals surface area contributed by atoms with E-state index in [-0.39, 0.29) is 6.61 Å². The Bertz CT molecular complexity index is 1320. The quantitative estimate of drug-likeness (QED) is 0.323. The molecule has 1 aromatic carbocycles. The number of para-hydroxylation sites is 2. The predicted molar refractivity (Wildman–Crippen MR) is 122 cm³/mol. The van der Waals surface area contributed by atoms with Crippen LogP contribution in [-0.4, -0.2) is 79.4 Å². The molecular weight excluding hydrogens is 490 g/mol. The molecule has 1 aliphatic rings. The number of fused-ring (bicyclic) bond motifs is 1. The molecule has 0 N–H and O–H groups in total. The normalized spacial score (nSPS) is 23.3. The lowest BCUT2D eigenvalue weighted by molar-refractivity contribution is -0.270. The van der Waals surface area contributed by atoms with Crippen LogP contribution in [0.25, 0.3) is 16.9 Å². The summed E-state index contributed by atoms with van der Waals surface area (Å²) in [5.74, 6) is -2.38. The van der Waals surface area contributed by atoms with Crippen molar-refractivity contribution in [2.45, 2.75) is 58.3 Å². The summed E-state index contributed by atoms with van der Waals surface area (Å²) in [5.41, 5.74) is 1.51. The fourth-order valence-electron chi connectivity index (χ4n) is 4.06. The Morgan fingerprint density at radius 3 is 2.22 bits per heavy atom. The average molecular weight is 515 g/mol. The number of benzene rings is 1. The van der Waals surface area contributed by atoms with Gasteiger partial charge in [0.05, 0.1) is 17.2 Å². The Balaban J connectivity index is 1.75. The minimum atomic E-state index is -1.31. The molecule has 196 valence electrons. The highest BCUT2D eigenvalue weighted by atomic mass is 16.7. The first-order chi connectivity index (χ1) is 17.6. The van der Waals surface area contributed by atoms with E-state index in [9.17, 15) is 19.2 Å². The fraction of sp³-hybridized carbons (Fsp3) is 0.435. The highest BCUT2D eigenvalue weighted by Crippen LogP contribution is 2.34. The summed E-state index contributed by atoms with van der Waals surface area (Å²) in [4.78, 5) is 51.7. The molecule has 14 nitrogen and oxygen atoms in total. The van der Waals surface area contributed by atoms with Crippen LogP contribution >= 0.6 is 0 Å². The Morgan fingerprint density at radius 1 is 0.892 bits per heavy atom. The maximum atomic E-state index is 12.0. The fourth-order valence-corrected chi connectivity index (χ4v) is 4.06. The van der Waals surface area contributed by atoms with Gasteiger partial charge in [-0.25, -0.2) is 9.67 Å². The first kappa shape index (κ1) is 25.8. The standard InChI is InChI=1S/C23H25N5O9/c1-12(29)33-10-18-20(34-13(2)30)21(35-14(3)31)22(36-15(4)32)23(37-18)28-9-19(25-26-28)27-11-24-16-7-5-6-8-17(16)27/h5-9,11,18,20-23H,10H2,1-4H3/t18-,20-,21+,22-,23-/m1/s1. The van der Waals surface area contributed by atoms with Crippen molar-refractivity contribution < 1.29 is 42.9 Å². The number of carbonyl (C=O) groups excluding carboxylic acids is 4. The molecule has 0 spiro atoms. The highest BCUT2D eigenvalue weighted by molar-refractivity contribution is 5.76. The van der Waals surface area contributed by atoms with Gasteiger partial charge in [0.25, 0.3) is 0 Å². The van der Waals surface area contributed by atoms with Crippen LogP contribution in [0.2, 0.25) is 0 Å². The van der Waals surface area contributed by atoms with Crippen LogP contribution in [0, 0.1) is 0 Å². The lowest BCUT2D eigenvalue weighted by Gasteiger charge is -2.44. The molecule has 0 unspecified atom stereocenters. The minimum absolute atomic E-state index is 0.345. The van der Waals surface area contributed by atoms with E-state index in [1.165, 1.54) is 17.8 Å². The predicted octanol–water partition coefficient (Wildman–Crippen LogP) is 0.873. The molecule has 14 heteroatoms. The van der Waals surface area contributed by atoms with Crippen molar-refractivity contribution >= 4 is 34.9 Å². The molecule has 1 saturated heterocycles. The minimum Gasteiger partial charge on any atom is -0.463 e. The monoisotopic (exact) mass is 515 g/mol. The molecule has 0 radical (unpaired) electrons. The van der Waals surface area contributed by atoms with Crippen LogP contribution in [0.1, 0.15) is 33.9 Å². The number of esters is 4. The first-order valence-electron chi connectivity index (χ1n) is 11.3. The topological polar surface area (TPSA) is 163 Å². The van der Waals surface area contributed by atoms with Gasteiger partial charge in [-0.05, 0) is 12.1 Å². The van der Waals surface area contributed by atoms with Gasteiger partial charge in [0.1, 0.15) is 19.0 Å². The van der Waals surface area contributed by atoms with Crippen molar-refractivity contribution in [2.75, 3.05) is 6.61 Å². The van der Waals surface area contributed by atoms with Crippen LogP contribution in [-0.2, 0) is 42.9 Å². The van der Waals surface area contributed by atoms with Crippen LogP contribution in [0.15, 0.2) is 36.8 Å². The summed E-state index contributed by atoms with van der Waals surface area (Å²) in [6.07, 6.45) is -3.07. The van der Waals surface area contributed by atoms with Gasteiger partial charge in [-0.2, -0.15) is 0 Å². The Labute approximate surface area is 210 Å². The number of imidazole rings is 1. The van der Waals surface area contributed by atoms with E-state index < -0.39 is 54.5 Å².